The fourth-order valence-corrected chi connectivity index (χ4v) is 3.79. The molecule has 0 saturated carbocycles. The van der Waals surface area contributed by atoms with Gasteiger partial charge in [0.15, 0.2) is 10.8 Å². The van der Waals surface area contributed by atoms with E-state index in [2.05, 4.69) is 20.3 Å². The van der Waals surface area contributed by atoms with E-state index in [1.165, 1.54) is 6.07 Å². The van der Waals surface area contributed by atoms with E-state index < -0.39 is 12.2 Å². The number of hydrogen-bond donors (Lipinski definition) is 0. The highest BCUT2D eigenvalue weighted by molar-refractivity contribution is 7.99. The van der Waals surface area contributed by atoms with Crippen molar-refractivity contribution >= 4 is 39.9 Å². The molecule has 0 aliphatic carbocycles. The number of halogens is 3. The molecule has 0 atom stereocenters. The van der Waals surface area contributed by atoms with Crippen LogP contribution in [0.1, 0.15) is 25.6 Å². The maximum atomic E-state index is 13.1. The van der Waals surface area contributed by atoms with Gasteiger partial charge in [0.2, 0.25) is 5.82 Å². The van der Waals surface area contributed by atoms with E-state index >= 15 is 0 Å². The minimum Gasteiger partial charge on any atom is -0.287 e. The van der Waals surface area contributed by atoms with Gasteiger partial charge >= 0.3 is 0 Å². The molecule has 7 nitrogen and oxygen atoms in total. The Kier molecular flexibility index (Phi) is 4.98. The Bertz CT molecular complexity index is 1240. The molecule has 144 valence electrons. The molecular weight excluding hydrogens is 410 g/mol. The maximum absolute atomic E-state index is 13.1. The molecule has 4 aromatic rings. The zero-order valence-corrected chi connectivity index (χ0v) is 16.1. The van der Waals surface area contributed by atoms with Crippen molar-refractivity contribution in [3.05, 3.63) is 51.5 Å². The highest BCUT2D eigenvalue weighted by atomic mass is 35.5. The average molecular weight is 423 g/mol. The van der Waals surface area contributed by atoms with E-state index in [1.54, 1.807) is 28.8 Å². The highest BCUT2D eigenvalue weighted by Crippen LogP contribution is 2.27. The Morgan fingerprint density at radius 1 is 1.21 bits per heavy atom. The molecule has 0 N–H and O–H groups in total. The van der Waals surface area contributed by atoms with E-state index in [4.69, 9.17) is 11.6 Å². The summed E-state index contributed by atoms with van der Waals surface area (Å²) < 4.78 is 28.7. The molecule has 0 amide bonds. The van der Waals surface area contributed by atoms with Gasteiger partial charge in [0.05, 0.1) is 10.9 Å². The molecule has 0 spiro atoms. The van der Waals surface area contributed by atoms with Crippen molar-refractivity contribution in [2.24, 2.45) is 0 Å². The summed E-state index contributed by atoms with van der Waals surface area (Å²) in [6.45, 7) is 2.41. The van der Waals surface area contributed by atoms with Gasteiger partial charge in [0.25, 0.3) is 12.0 Å². The van der Waals surface area contributed by atoms with Crippen LogP contribution in [0.25, 0.3) is 16.6 Å². The first-order valence-electron chi connectivity index (χ1n) is 8.36. The largest absolute Gasteiger partial charge is 0.299 e. The second-order valence-electron chi connectivity index (χ2n) is 5.92. The van der Waals surface area contributed by atoms with Crippen molar-refractivity contribution in [2.45, 2.75) is 36.5 Å². The van der Waals surface area contributed by atoms with Gasteiger partial charge in [-0.05, 0) is 48.5 Å². The maximum Gasteiger partial charge on any atom is 0.299 e. The summed E-state index contributed by atoms with van der Waals surface area (Å²) in [6.07, 6.45) is -2.08. The fourth-order valence-electron chi connectivity index (χ4n) is 2.75. The predicted octanol–water partition coefficient (Wildman–Crippen LogP) is 3.99. The molecule has 28 heavy (non-hydrogen) atoms. The lowest BCUT2D eigenvalue weighted by atomic mass is 10.2. The molecule has 0 bridgehead atoms. The van der Waals surface area contributed by atoms with Gasteiger partial charge in [0, 0.05) is 11.6 Å². The number of benzene rings is 1. The van der Waals surface area contributed by atoms with Gasteiger partial charge in [-0.25, -0.2) is 13.8 Å². The summed E-state index contributed by atoms with van der Waals surface area (Å²) in [5, 5.41) is 13.0. The molecule has 0 aliphatic rings. The molecule has 0 aliphatic heterocycles. The molecule has 11 heteroatoms. The number of aromatic nitrogens is 6. The number of nitrogens with zero attached hydrogens (tertiary/aromatic N) is 6. The topological polar surface area (TPSA) is 78.0 Å². The number of hydrogen-bond acceptors (Lipinski definition) is 6. The highest BCUT2D eigenvalue weighted by Gasteiger charge is 2.18. The van der Waals surface area contributed by atoms with Gasteiger partial charge in [-0.2, -0.15) is 9.61 Å². The first-order valence-corrected chi connectivity index (χ1v) is 9.56. The van der Waals surface area contributed by atoms with Gasteiger partial charge in [0.1, 0.15) is 5.03 Å². The monoisotopic (exact) mass is 422 g/mol. The van der Waals surface area contributed by atoms with E-state index in [0.717, 1.165) is 22.7 Å². The Morgan fingerprint density at radius 2 is 2.04 bits per heavy atom. The molecule has 0 saturated heterocycles. The van der Waals surface area contributed by atoms with E-state index in [9.17, 15) is 13.6 Å². The molecule has 3 aromatic heterocycles. The van der Waals surface area contributed by atoms with Crippen molar-refractivity contribution < 1.29 is 8.78 Å². The normalized spacial score (nSPS) is 11.8. The fraction of sp³-hybridized carbons (Fsp3) is 0.235. The lowest BCUT2D eigenvalue weighted by molar-refractivity contribution is 0.137. The van der Waals surface area contributed by atoms with Crippen molar-refractivity contribution in [2.75, 3.05) is 0 Å². The Morgan fingerprint density at radius 3 is 2.79 bits per heavy atom. The van der Waals surface area contributed by atoms with Crippen molar-refractivity contribution in [3.63, 3.8) is 0 Å². The van der Waals surface area contributed by atoms with E-state index in [0.29, 0.717) is 32.7 Å². The average Bonchev–Trinajstić information content (AvgIpc) is 3.08. The molecule has 1 aromatic carbocycles. The molecule has 0 unspecified atom stereocenters. The standard InChI is InChI=1S/C17H13ClF2N6OS/c1-2-7-25-16(27)10-4-3-9(18)8-11(10)21-17(25)28-13-6-5-12-22-23-15(14(19)20)26(12)24-13/h3-6,8,14H,2,7H2,1H3. The molecular formula is C17H13ClF2N6OS. The van der Waals surface area contributed by atoms with Crippen LogP contribution < -0.4 is 5.56 Å². The van der Waals surface area contributed by atoms with Crippen LogP contribution in [0.4, 0.5) is 8.78 Å². The third kappa shape index (κ3) is 3.33. The van der Waals surface area contributed by atoms with Crippen molar-refractivity contribution in [1.29, 1.82) is 0 Å². The SMILES string of the molecule is CCCn1c(Sc2ccc3nnc(C(F)F)n3n2)nc2cc(Cl)ccc2c1=O. The summed E-state index contributed by atoms with van der Waals surface area (Å²) in [5.74, 6) is -0.540. The smallest absolute Gasteiger partial charge is 0.287 e. The lowest BCUT2D eigenvalue weighted by Gasteiger charge is -2.12. The van der Waals surface area contributed by atoms with Gasteiger partial charge < -0.3 is 0 Å². The van der Waals surface area contributed by atoms with Crippen LogP contribution in [0, 0.1) is 0 Å². The van der Waals surface area contributed by atoms with Crippen LogP contribution in [0.5, 0.6) is 0 Å². The minimum atomic E-state index is -2.80. The Labute approximate surface area is 166 Å². The Balaban J connectivity index is 1.84. The summed E-state index contributed by atoms with van der Waals surface area (Å²) in [5.41, 5.74) is 0.486. The second-order valence-corrected chi connectivity index (χ2v) is 7.34. The summed E-state index contributed by atoms with van der Waals surface area (Å²) in [4.78, 5) is 17.4. The van der Waals surface area contributed by atoms with Crippen LogP contribution in [-0.4, -0.2) is 29.4 Å². The van der Waals surface area contributed by atoms with Crippen LogP contribution in [-0.2, 0) is 6.54 Å². The number of rotatable bonds is 5. The Hall–Kier alpha value is -2.59. The lowest BCUT2D eigenvalue weighted by Crippen LogP contribution is -2.23. The molecule has 0 radical (unpaired) electrons. The van der Waals surface area contributed by atoms with E-state index in [1.807, 2.05) is 6.92 Å². The molecule has 0 fully saturated rings. The van der Waals surface area contributed by atoms with Crippen LogP contribution >= 0.6 is 23.4 Å². The van der Waals surface area contributed by atoms with E-state index in [-0.39, 0.29) is 11.2 Å². The second kappa shape index (κ2) is 7.44. The number of fused-ring (bicyclic) bond motifs is 2. The van der Waals surface area contributed by atoms with Crippen molar-refractivity contribution in [1.82, 2.24) is 29.4 Å². The quantitative estimate of drug-likeness (QED) is 0.452. The van der Waals surface area contributed by atoms with Crippen molar-refractivity contribution in [3.8, 4) is 0 Å². The minimum absolute atomic E-state index is 0.190. The third-order valence-corrected chi connectivity index (χ3v) is 5.14. The summed E-state index contributed by atoms with van der Waals surface area (Å²) in [7, 11) is 0. The first-order chi connectivity index (χ1) is 13.5. The van der Waals surface area contributed by atoms with Gasteiger partial charge in [-0.1, -0.05) is 18.5 Å². The predicted molar refractivity (Wildman–Crippen MR) is 101 cm³/mol. The van der Waals surface area contributed by atoms with Crippen LogP contribution in [0.15, 0.2) is 45.3 Å². The summed E-state index contributed by atoms with van der Waals surface area (Å²) >= 11 is 7.13. The first kappa shape index (κ1) is 18.8. The third-order valence-electron chi connectivity index (χ3n) is 3.98. The zero-order valence-electron chi connectivity index (χ0n) is 14.5. The number of alkyl halides is 2. The summed E-state index contributed by atoms with van der Waals surface area (Å²) in [6, 6.07) is 8.06. The van der Waals surface area contributed by atoms with Gasteiger partial charge in [-0.3, -0.25) is 9.36 Å². The molecule has 4 rings (SSSR count). The molecule has 3 heterocycles. The van der Waals surface area contributed by atoms with Crippen LogP contribution in [0.3, 0.4) is 0 Å². The van der Waals surface area contributed by atoms with Crippen LogP contribution in [0.2, 0.25) is 5.02 Å². The zero-order chi connectivity index (χ0) is 19.8. The van der Waals surface area contributed by atoms with Gasteiger partial charge in [-0.15, -0.1) is 10.2 Å².